The lowest BCUT2D eigenvalue weighted by atomic mass is 10.1. The normalized spacial score (nSPS) is 11.6. The molecule has 0 fully saturated rings. The van der Waals surface area contributed by atoms with Gasteiger partial charge >= 0.3 is 0 Å². The number of rotatable bonds is 7. The minimum atomic E-state index is -0.341. The molecule has 106 valence electrons. The fourth-order valence-electron chi connectivity index (χ4n) is 1.45. The zero-order valence-electron chi connectivity index (χ0n) is 11.7. The zero-order chi connectivity index (χ0) is 14.3. The molecular weight excluding hydrogens is 247 g/mol. The van der Waals surface area contributed by atoms with E-state index in [1.807, 2.05) is 20.8 Å². The summed E-state index contributed by atoms with van der Waals surface area (Å²) in [5, 5.41) is 0. The van der Waals surface area contributed by atoms with Crippen LogP contribution < -0.4 is 0 Å². The number of ether oxygens (including phenoxy) is 2. The molecule has 0 aliphatic heterocycles. The highest BCUT2D eigenvalue weighted by Gasteiger charge is 2.09. The van der Waals surface area contributed by atoms with Crippen LogP contribution >= 0.6 is 0 Å². The van der Waals surface area contributed by atoms with Gasteiger partial charge in [-0.2, -0.15) is 0 Å². The van der Waals surface area contributed by atoms with Gasteiger partial charge in [-0.1, -0.05) is 0 Å². The predicted molar refractivity (Wildman–Crippen MR) is 71.9 cm³/mol. The number of halogens is 1. The first-order valence-corrected chi connectivity index (χ1v) is 6.39. The summed E-state index contributed by atoms with van der Waals surface area (Å²) in [5.74, 6) is -0.385. The van der Waals surface area contributed by atoms with Gasteiger partial charge in [-0.05, 0) is 45.0 Å². The standard InChI is InChI=1S/C15H21FO3/c1-15(2,3)19-11-10-18-9-8-14(17)12-4-6-13(16)7-5-12/h4-7H,8-11H2,1-3H3. The quantitative estimate of drug-likeness (QED) is 0.562. The van der Waals surface area contributed by atoms with Gasteiger partial charge in [0.2, 0.25) is 0 Å². The molecule has 0 aliphatic rings. The van der Waals surface area contributed by atoms with Gasteiger partial charge in [-0.15, -0.1) is 0 Å². The second-order valence-electron chi connectivity index (χ2n) is 5.25. The third-order valence-electron chi connectivity index (χ3n) is 2.40. The monoisotopic (exact) mass is 268 g/mol. The summed E-state index contributed by atoms with van der Waals surface area (Å²) >= 11 is 0. The molecule has 19 heavy (non-hydrogen) atoms. The van der Waals surface area contributed by atoms with E-state index in [0.29, 0.717) is 31.8 Å². The van der Waals surface area contributed by atoms with Gasteiger partial charge in [0.25, 0.3) is 0 Å². The Bertz CT molecular complexity index is 393. The minimum absolute atomic E-state index is 0.0447. The van der Waals surface area contributed by atoms with Crippen LogP contribution in [0.25, 0.3) is 0 Å². The van der Waals surface area contributed by atoms with E-state index >= 15 is 0 Å². The maximum absolute atomic E-state index is 12.7. The van der Waals surface area contributed by atoms with E-state index in [4.69, 9.17) is 9.47 Å². The molecule has 0 heterocycles. The molecule has 0 unspecified atom stereocenters. The van der Waals surface area contributed by atoms with Gasteiger partial charge in [-0.25, -0.2) is 4.39 Å². The number of Topliss-reactive ketones (excluding diaryl/α,β-unsaturated/α-hetero) is 1. The van der Waals surface area contributed by atoms with E-state index in [9.17, 15) is 9.18 Å². The van der Waals surface area contributed by atoms with Crippen molar-refractivity contribution in [2.45, 2.75) is 32.8 Å². The van der Waals surface area contributed by atoms with Gasteiger partial charge in [0, 0.05) is 12.0 Å². The lowest BCUT2D eigenvalue weighted by Crippen LogP contribution is -2.22. The van der Waals surface area contributed by atoms with Crippen LogP contribution in [0.2, 0.25) is 0 Å². The van der Waals surface area contributed by atoms with Crippen LogP contribution in [-0.2, 0) is 9.47 Å². The molecule has 0 bridgehead atoms. The summed E-state index contributed by atoms with van der Waals surface area (Å²) < 4.78 is 23.5. The Morgan fingerprint density at radius 1 is 1.11 bits per heavy atom. The average Bonchev–Trinajstić information content (AvgIpc) is 2.33. The van der Waals surface area contributed by atoms with Crippen LogP contribution in [0.15, 0.2) is 24.3 Å². The van der Waals surface area contributed by atoms with Gasteiger partial charge < -0.3 is 9.47 Å². The third kappa shape index (κ3) is 7.03. The lowest BCUT2D eigenvalue weighted by molar-refractivity contribution is -0.0345. The maximum Gasteiger partial charge on any atom is 0.165 e. The molecule has 0 spiro atoms. The minimum Gasteiger partial charge on any atom is -0.379 e. The Kier molecular flexibility index (Phi) is 6.12. The topological polar surface area (TPSA) is 35.5 Å². The zero-order valence-corrected chi connectivity index (χ0v) is 11.7. The molecule has 1 rings (SSSR count). The summed E-state index contributed by atoms with van der Waals surface area (Å²) in [6.07, 6.45) is 0.293. The average molecular weight is 268 g/mol. The van der Waals surface area contributed by atoms with Crippen molar-refractivity contribution in [3.63, 3.8) is 0 Å². The first-order valence-electron chi connectivity index (χ1n) is 6.39. The van der Waals surface area contributed by atoms with Gasteiger partial charge in [0.1, 0.15) is 5.82 Å². The van der Waals surface area contributed by atoms with Crippen LogP contribution in [0.4, 0.5) is 4.39 Å². The number of benzene rings is 1. The van der Waals surface area contributed by atoms with Crippen LogP contribution in [0.5, 0.6) is 0 Å². The van der Waals surface area contributed by atoms with E-state index in [1.54, 1.807) is 0 Å². The van der Waals surface area contributed by atoms with Crippen molar-refractivity contribution in [3.8, 4) is 0 Å². The molecule has 0 aromatic heterocycles. The lowest BCUT2D eigenvalue weighted by Gasteiger charge is -2.19. The molecule has 0 amide bonds. The Morgan fingerprint density at radius 3 is 2.32 bits per heavy atom. The maximum atomic E-state index is 12.7. The molecule has 1 aromatic carbocycles. The van der Waals surface area contributed by atoms with E-state index in [2.05, 4.69) is 0 Å². The highest BCUT2D eigenvalue weighted by atomic mass is 19.1. The summed E-state index contributed by atoms with van der Waals surface area (Å²) in [6.45, 7) is 7.26. The first kappa shape index (κ1) is 15.8. The van der Waals surface area contributed by atoms with Gasteiger partial charge in [-0.3, -0.25) is 4.79 Å². The highest BCUT2D eigenvalue weighted by molar-refractivity contribution is 5.96. The Labute approximate surface area is 113 Å². The number of carbonyl (C=O) groups excluding carboxylic acids is 1. The van der Waals surface area contributed by atoms with Crippen molar-refractivity contribution in [2.24, 2.45) is 0 Å². The molecule has 0 saturated heterocycles. The Hall–Kier alpha value is -1.26. The van der Waals surface area contributed by atoms with Crippen molar-refractivity contribution >= 4 is 5.78 Å². The third-order valence-corrected chi connectivity index (χ3v) is 2.40. The van der Waals surface area contributed by atoms with E-state index < -0.39 is 0 Å². The Balaban J connectivity index is 2.16. The second kappa shape index (κ2) is 7.36. The smallest absolute Gasteiger partial charge is 0.165 e. The van der Waals surface area contributed by atoms with Crippen molar-refractivity contribution in [2.75, 3.05) is 19.8 Å². The Morgan fingerprint density at radius 2 is 1.74 bits per heavy atom. The highest BCUT2D eigenvalue weighted by Crippen LogP contribution is 2.07. The molecule has 3 nitrogen and oxygen atoms in total. The van der Waals surface area contributed by atoms with Crippen molar-refractivity contribution in [1.82, 2.24) is 0 Å². The van der Waals surface area contributed by atoms with Crippen LogP contribution in [0.1, 0.15) is 37.6 Å². The van der Waals surface area contributed by atoms with Crippen LogP contribution in [0, 0.1) is 5.82 Å². The second-order valence-corrected chi connectivity index (χ2v) is 5.25. The van der Waals surface area contributed by atoms with Gasteiger partial charge in [0.15, 0.2) is 5.78 Å². The van der Waals surface area contributed by atoms with Crippen LogP contribution in [-0.4, -0.2) is 31.2 Å². The number of hydrogen-bond acceptors (Lipinski definition) is 3. The first-order chi connectivity index (χ1) is 8.88. The molecule has 0 aliphatic carbocycles. The van der Waals surface area contributed by atoms with Crippen molar-refractivity contribution in [3.05, 3.63) is 35.6 Å². The SMILES string of the molecule is CC(C)(C)OCCOCCC(=O)c1ccc(F)cc1. The predicted octanol–water partition coefficient (Wildman–Crippen LogP) is 3.23. The molecule has 0 N–H and O–H groups in total. The molecule has 0 radical (unpaired) electrons. The number of carbonyl (C=O) groups is 1. The van der Waals surface area contributed by atoms with E-state index in [1.165, 1.54) is 24.3 Å². The molecule has 4 heteroatoms. The fourth-order valence-corrected chi connectivity index (χ4v) is 1.45. The summed E-state index contributed by atoms with van der Waals surface area (Å²) in [6, 6.07) is 5.54. The molecular formula is C15H21FO3. The summed E-state index contributed by atoms with van der Waals surface area (Å²) in [7, 11) is 0. The molecule has 1 aromatic rings. The molecule has 0 atom stereocenters. The summed E-state index contributed by atoms with van der Waals surface area (Å²) in [5.41, 5.74) is 0.337. The van der Waals surface area contributed by atoms with Crippen molar-refractivity contribution < 1.29 is 18.7 Å². The van der Waals surface area contributed by atoms with E-state index in [0.717, 1.165) is 0 Å². The fraction of sp³-hybridized carbons (Fsp3) is 0.533. The number of hydrogen-bond donors (Lipinski definition) is 0. The van der Waals surface area contributed by atoms with E-state index in [-0.39, 0.29) is 17.2 Å². The van der Waals surface area contributed by atoms with Crippen LogP contribution in [0.3, 0.4) is 0 Å². The number of ketones is 1. The molecule has 0 saturated carbocycles. The van der Waals surface area contributed by atoms with Crippen molar-refractivity contribution in [1.29, 1.82) is 0 Å². The van der Waals surface area contributed by atoms with Gasteiger partial charge in [0.05, 0.1) is 25.4 Å². The largest absolute Gasteiger partial charge is 0.379 e. The summed E-state index contributed by atoms with van der Waals surface area (Å²) in [4.78, 5) is 11.7.